The van der Waals surface area contributed by atoms with Crippen molar-refractivity contribution in [1.29, 1.82) is 0 Å². The zero-order valence-corrected chi connectivity index (χ0v) is 19.0. The maximum Gasteiger partial charge on any atom is 0.303 e. The molecule has 0 amide bonds. The molecule has 0 aliphatic carbocycles. The molecule has 3 atom stereocenters. The molecule has 33 heavy (non-hydrogen) atoms. The fourth-order valence-electron chi connectivity index (χ4n) is 4.04. The van der Waals surface area contributed by atoms with Crippen molar-refractivity contribution in [3.63, 3.8) is 0 Å². The first kappa shape index (κ1) is 23.2. The minimum atomic E-state index is -0.824. The van der Waals surface area contributed by atoms with Crippen LogP contribution in [0.1, 0.15) is 48.3 Å². The molecule has 3 aromatic rings. The normalized spacial score (nSPS) is 21.0. The van der Waals surface area contributed by atoms with E-state index in [1.807, 2.05) is 55.5 Å². The molecule has 1 fully saturated rings. The number of hydrogen-bond donors (Lipinski definition) is 2. The lowest BCUT2D eigenvalue weighted by molar-refractivity contribution is -0.244. The number of phenolic OH excluding ortho intramolecular Hbond substituents is 1. The van der Waals surface area contributed by atoms with E-state index in [1.165, 1.54) is 0 Å². The van der Waals surface area contributed by atoms with Gasteiger partial charge < -0.3 is 19.7 Å². The molecule has 2 N–H and O–H groups in total. The summed E-state index contributed by atoms with van der Waals surface area (Å²) in [5.74, 6) is -0.735. The third-order valence-corrected chi connectivity index (χ3v) is 6.04. The lowest BCUT2D eigenvalue weighted by atomic mass is 9.91. The van der Waals surface area contributed by atoms with Crippen LogP contribution in [0.3, 0.4) is 0 Å². The average molecular weight is 468 g/mol. The van der Waals surface area contributed by atoms with Gasteiger partial charge in [0.05, 0.1) is 18.2 Å². The zero-order chi connectivity index (χ0) is 23.4. The Morgan fingerprint density at radius 2 is 2.00 bits per heavy atom. The van der Waals surface area contributed by atoms with Crippen LogP contribution in [0.25, 0.3) is 10.9 Å². The van der Waals surface area contributed by atoms with E-state index in [4.69, 9.17) is 26.2 Å². The minimum absolute atomic E-state index is 0.0648. The second-order valence-electron chi connectivity index (χ2n) is 8.24. The molecule has 1 aliphatic rings. The molecule has 0 radical (unpaired) electrons. The van der Waals surface area contributed by atoms with Crippen LogP contribution in [0, 0.1) is 12.8 Å². The molecule has 172 valence electrons. The van der Waals surface area contributed by atoms with E-state index in [9.17, 15) is 9.90 Å². The minimum Gasteiger partial charge on any atom is -0.508 e. The Morgan fingerprint density at radius 1 is 1.18 bits per heavy atom. The highest BCUT2D eigenvalue weighted by Crippen LogP contribution is 2.44. The van der Waals surface area contributed by atoms with Crippen molar-refractivity contribution in [2.45, 2.75) is 38.6 Å². The van der Waals surface area contributed by atoms with Crippen LogP contribution in [0.15, 0.2) is 60.7 Å². The number of aromatic hydroxyl groups is 1. The Hall–Kier alpha value is -2.93. The SMILES string of the molecule is Cc1ccc2nc(Cl)c(C3OCC(CC=CCCC(=O)O)C(c4ccccc4O)O3)cc2c1. The molecule has 3 unspecified atom stereocenters. The van der Waals surface area contributed by atoms with Gasteiger partial charge in [-0.2, -0.15) is 0 Å². The van der Waals surface area contributed by atoms with Crippen LogP contribution < -0.4 is 0 Å². The Morgan fingerprint density at radius 3 is 2.79 bits per heavy atom. The maximum absolute atomic E-state index is 10.7. The Kier molecular flexibility index (Phi) is 7.28. The highest BCUT2D eigenvalue weighted by molar-refractivity contribution is 6.30. The first-order chi connectivity index (χ1) is 15.9. The number of benzene rings is 2. The van der Waals surface area contributed by atoms with E-state index in [0.29, 0.717) is 35.7 Å². The molecular formula is C26H26ClNO5. The van der Waals surface area contributed by atoms with E-state index >= 15 is 0 Å². The van der Waals surface area contributed by atoms with Crippen molar-refractivity contribution in [3.05, 3.63) is 82.5 Å². The van der Waals surface area contributed by atoms with Gasteiger partial charge in [-0.1, -0.05) is 53.6 Å². The highest BCUT2D eigenvalue weighted by atomic mass is 35.5. The third-order valence-electron chi connectivity index (χ3n) is 5.74. The number of phenols is 1. The molecule has 1 aliphatic heterocycles. The van der Waals surface area contributed by atoms with Crippen molar-refractivity contribution >= 4 is 28.5 Å². The van der Waals surface area contributed by atoms with Gasteiger partial charge in [0.1, 0.15) is 10.9 Å². The highest BCUT2D eigenvalue weighted by Gasteiger charge is 2.35. The van der Waals surface area contributed by atoms with Gasteiger partial charge in [-0.3, -0.25) is 4.79 Å². The smallest absolute Gasteiger partial charge is 0.303 e. The number of aryl methyl sites for hydroxylation is 1. The van der Waals surface area contributed by atoms with Gasteiger partial charge in [-0.25, -0.2) is 4.98 Å². The van der Waals surface area contributed by atoms with Crippen molar-refractivity contribution in [2.24, 2.45) is 5.92 Å². The van der Waals surface area contributed by atoms with Crippen molar-refractivity contribution < 1.29 is 24.5 Å². The first-order valence-electron chi connectivity index (χ1n) is 10.9. The molecule has 7 heteroatoms. The summed E-state index contributed by atoms with van der Waals surface area (Å²) in [7, 11) is 0. The number of aliphatic carboxylic acids is 1. The van der Waals surface area contributed by atoms with Gasteiger partial charge in [-0.15, -0.1) is 0 Å². The number of pyridine rings is 1. The lowest BCUT2D eigenvalue weighted by Gasteiger charge is -2.37. The van der Waals surface area contributed by atoms with Crippen LogP contribution in [-0.4, -0.2) is 27.8 Å². The Balaban J connectivity index is 1.60. The molecule has 6 nitrogen and oxygen atoms in total. The summed E-state index contributed by atoms with van der Waals surface area (Å²) >= 11 is 6.50. The van der Waals surface area contributed by atoms with Crippen LogP contribution in [0.5, 0.6) is 5.75 Å². The number of fused-ring (bicyclic) bond motifs is 1. The molecule has 0 bridgehead atoms. The monoisotopic (exact) mass is 467 g/mol. The summed E-state index contributed by atoms with van der Waals surface area (Å²) in [6.07, 6.45) is 3.81. The molecule has 2 aromatic carbocycles. The first-order valence-corrected chi connectivity index (χ1v) is 11.3. The summed E-state index contributed by atoms with van der Waals surface area (Å²) in [5, 5.41) is 20.6. The van der Waals surface area contributed by atoms with Gasteiger partial charge in [0.15, 0.2) is 6.29 Å². The van der Waals surface area contributed by atoms with Crippen LogP contribution in [0.2, 0.25) is 5.15 Å². The van der Waals surface area contributed by atoms with E-state index in [1.54, 1.807) is 12.1 Å². The fourth-order valence-corrected chi connectivity index (χ4v) is 4.28. The number of hydrogen-bond acceptors (Lipinski definition) is 5. The second-order valence-corrected chi connectivity index (χ2v) is 8.60. The van der Waals surface area contributed by atoms with Gasteiger partial charge >= 0.3 is 5.97 Å². The molecule has 1 aromatic heterocycles. The third kappa shape index (κ3) is 5.53. The number of nitrogens with zero attached hydrogens (tertiary/aromatic N) is 1. The summed E-state index contributed by atoms with van der Waals surface area (Å²) in [4.78, 5) is 15.2. The zero-order valence-electron chi connectivity index (χ0n) is 18.3. The molecule has 0 spiro atoms. The quantitative estimate of drug-likeness (QED) is 0.321. The van der Waals surface area contributed by atoms with Crippen LogP contribution in [-0.2, 0) is 14.3 Å². The Bertz CT molecular complexity index is 1180. The number of allylic oxidation sites excluding steroid dienone is 2. The van der Waals surface area contributed by atoms with Gasteiger partial charge in [-0.05, 0) is 44.0 Å². The molecule has 2 heterocycles. The number of para-hydroxylation sites is 1. The van der Waals surface area contributed by atoms with E-state index < -0.39 is 18.4 Å². The number of aromatic nitrogens is 1. The van der Waals surface area contributed by atoms with E-state index in [2.05, 4.69) is 4.98 Å². The van der Waals surface area contributed by atoms with Gasteiger partial charge in [0.25, 0.3) is 0 Å². The number of carboxylic acid groups (broad SMARTS) is 1. The Labute approximate surface area is 197 Å². The largest absolute Gasteiger partial charge is 0.508 e. The summed E-state index contributed by atoms with van der Waals surface area (Å²) in [5.41, 5.74) is 3.23. The van der Waals surface area contributed by atoms with Crippen molar-refractivity contribution in [2.75, 3.05) is 6.61 Å². The standard InChI is InChI=1S/C26H26ClNO5/c1-16-11-12-21-18(13-16)14-20(25(27)28-21)26-32-15-17(7-3-2-4-10-23(30)31)24(33-26)19-8-5-6-9-22(19)29/h2-3,5-6,8-9,11-14,17,24,26,29H,4,7,10,15H2,1H3,(H,30,31). The van der Waals surface area contributed by atoms with Crippen LogP contribution >= 0.6 is 11.6 Å². The number of ether oxygens (including phenoxy) is 2. The molecule has 4 rings (SSSR count). The van der Waals surface area contributed by atoms with Gasteiger partial charge in [0.2, 0.25) is 0 Å². The van der Waals surface area contributed by atoms with Crippen molar-refractivity contribution in [3.8, 4) is 5.75 Å². The maximum atomic E-state index is 10.7. The predicted molar refractivity (Wildman–Crippen MR) is 126 cm³/mol. The van der Waals surface area contributed by atoms with E-state index in [-0.39, 0.29) is 18.1 Å². The average Bonchev–Trinajstić information content (AvgIpc) is 2.79. The summed E-state index contributed by atoms with van der Waals surface area (Å²) in [6.45, 7) is 2.40. The fraction of sp³-hybridized carbons (Fsp3) is 0.308. The predicted octanol–water partition coefficient (Wildman–Crippen LogP) is 6.12. The second kappa shape index (κ2) is 10.3. The lowest BCUT2D eigenvalue weighted by Crippen LogP contribution is -2.30. The number of carboxylic acids is 1. The molecule has 0 saturated carbocycles. The number of halogens is 1. The topological polar surface area (TPSA) is 88.9 Å². The number of rotatable bonds is 7. The van der Waals surface area contributed by atoms with Crippen LogP contribution in [0.4, 0.5) is 0 Å². The summed E-state index contributed by atoms with van der Waals surface area (Å²) < 4.78 is 12.4. The molecular weight excluding hydrogens is 442 g/mol. The summed E-state index contributed by atoms with van der Waals surface area (Å²) in [6, 6.07) is 15.0. The molecule has 1 saturated heterocycles. The number of carbonyl (C=O) groups is 1. The van der Waals surface area contributed by atoms with Crippen molar-refractivity contribution in [1.82, 2.24) is 4.98 Å². The van der Waals surface area contributed by atoms with Gasteiger partial charge in [0, 0.05) is 28.9 Å². The van der Waals surface area contributed by atoms with E-state index in [0.717, 1.165) is 16.5 Å².